The molecule has 0 saturated carbocycles. The Morgan fingerprint density at radius 2 is 1.90 bits per heavy atom. The molecular formula is C13H17F2N3O2. The van der Waals surface area contributed by atoms with Gasteiger partial charge in [-0.3, -0.25) is 9.59 Å². The molecule has 1 aromatic carbocycles. The molecule has 0 heterocycles. The van der Waals surface area contributed by atoms with E-state index < -0.39 is 35.5 Å². The molecule has 0 fully saturated rings. The monoisotopic (exact) mass is 285 g/mol. The first-order valence-electron chi connectivity index (χ1n) is 5.99. The number of hydrogen-bond donors (Lipinski definition) is 2. The van der Waals surface area contributed by atoms with Crippen molar-refractivity contribution in [1.82, 2.24) is 4.90 Å². The topological polar surface area (TPSA) is 89.4 Å². The van der Waals surface area contributed by atoms with E-state index in [-0.39, 0.29) is 6.42 Å². The van der Waals surface area contributed by atoms with E-state index in [2.05, 4.69) is 0 Å². The number of nitrogens with two attached hydrogens (primary N) is 2. The molecule has 0 bridgehead atoms. The lowest BCUT2D eigenvalue weighted by atomic mass is 10.1. The van der Waals surface area contributed by atoms with Gasteiger partial charge in [0, 0.05) is 7.05 Å². The Morgan fingerprint density at radius 1 is 1.30 bits per heavy atom. The van der Waals surface area contributed by atoms with Gasteiger partial charge in [0.1, 0.15) is 0 Å². The number of carbonyl (C=O) groups excluding carboxylic acids is 2. The van der Waals surface area contributed by atoms with E-state index in [0.29, 0.717) is 5.56 Å². The van der Waals surface area contributed by atoms with Crippen LogP contribution >= 0.6 is 0 Å². The molecule has 2 atom stereocenters. The van der Waals surface area contributed by atoms with Gasteiger partial charge in [0.05, 0.1) is 18.5 Å². The van der Waals surface area contributed by atoms with Crippen LogP contribution in [0, 0.1) is 11.6 Å². The number of likely N-dealkylation sites (N-methyl/N-ethyl adjacent to an activating group) is 1. The molecule has 0 saturated heterocycles. The summed E-state index contributed by atoms with van der Waals surface area (Å²) in [6.07, 6.45) is -0.270. The van der Waals surface area contributed by atoms with Gasteiger partial charge in [-0.2, -0.15) is 0 Å². The summed E-state index contributed by atoms with van der Waals surface area (Å²) in [7, 11) is 1.47. The summed E-state index contributed by atoms with van der Waals surface area (Å²) in [5.74, 6) is -3.13. The summed E-state index contributed by atoms with van der Waals surface area (Å²) in [4.78, 5) is 24.0. The van der Waals surface area contributed by atoms with Crippen LogP contribution in [0.1, 0.15) is 24.9 Å². The zero-order valence-electron chi connectivity index (χ0n) is 11.3. The minimum absolute atomic E-state index is 0.270. The molecule has 1 rings (SSSR count). The molecular weight excluding hydrogens is 268 g/mol. The Labute approximate surface area is 115 Å². The predicted molar refractivity (Wildman–Crippen MR) is 69.3 cm³/mol. The molecule has 2 unspecified atom stereocenters. The lowest BCUT2D eigenvalue weighted by Crippen LogP contribution is -2.44. The minimum Gasteiger partial charge on any atom is -0.370 e. The average Bonchev–Trinajstić information content (AvgIpc) is 2.38. The summed E-state index contributed by atoms with van der Waals surface area (Å²) in [6, 6.07) is 1.82. The largest absolute Gasteiger partial charge is 0.370 e. The van der Waals surface area contributed by atoms with Crippen LogP contribution in [0.4, 0.5) is 8.78 Å². The standard InChI is InChI=1S/C13H17F2N3O2/c1-7(8-3-4-9(14)10(15)5-8)18(2)13(20)11(16)6-12(17)19/h3-5,7,11H,6,16H2,1-2H3,(H2,17,19). The molecule has 0 radical (unpaired) electrons. The van der Waals surface area contributed by atoms with Crippen molar-refractivity contribution in [3.63, 3.8) is 0 Å². The lowest BCUT2D eigenvalue weighted by molar-refractivity contribution is -0.135. The highest BCUT2D eigenvalue weighted by Crippen LogP contribution is 2.21. The van der Waals surface area contributed by atoms with Gasteiger partial charge in [-0.1, -0.05) is 6.07 Å². The fourth-order valence-electron chi connectivity index (χ4n) is 1.75. The van der Waals surface area contributed by atoms with E-state index in [0.717, 1.165) is 12.1 Å². The first kappa shape index (κ1) is 16.0. The van der Waals surface area contributed by atoms with Gasteiger partial charge in [-0.25, -0.2) is 8.78 Å². The van der Waals surface area contributed by atoms with Gasteiger partial charge in [0.15, 0.2) is 11.6 Å². The third-order valence-corrected chi connectivity index (χ3v) is 3.09. The molecule has 7 heteroatoms. The highest BCUT2D eigenvalue weighted by molar-refractivity contribution is 5.87. The van der Waals surface area contributed by atoms with E-state index >= 15 is 0 Å². The van der Waals surface area contributed by atoms with Crippen molar-refractivity contribution in [3.05, 3.63) is 35.4 Å². The molecule has 0 aromatic heterocycles. The molecule has 2 amide bonds. The zero-order chi connectivity index (χ0) is 15.4. The molecule has 110 valence electrons. The predicted octanol–water partition coefficient (Wildman–Crippen LogP) is 0.687. The second-order valence-electron chi connectivity index (χ2n) is 4.58. The van der Waals surface area contributed by atoms with E-state index in [1.807, 2.05) is 0 Å². The number of halogens is 2. The van der Waals surface area contributed by atoms with Crippen molar-refractivity contribution in [2.75, 3.05) is 7.05 Å². The van der Waals surface area contributed by atoms with E-state index in [1.165, 1.54) is 18.0 Å². The second-order valence-corrected chi connectivity index (χ2v) is 4.58. The molecule has 0 aliphatic carbocycles. The maximum atomic E-state index is 13.2. The Balaban J connectivity index is 2.84. The number of carbonyl (C=O) groups is 2. The van der Waals surface area contributed by atoms with Crippen molar-refractivity contribution in [2.45, 2.75) is 25.4 Å². The summed E-state index contributed by atoms with van der Waals surface area (Å²) in [6.45, 7) is 1.64. The summed E-state index contributed by atoms with van der Waals surface area (Å²) in [5.41, 5.74) is 11.0. The average molecular weight is 285 g/mol. The Bertz CT molecular complexity index is 522. The number of benzene rings is 1. The Morgan fingerprint density at radius 3 is 2.40 bits per heavy atom. The van der Waals surface area contributed by atoms with Crippen LogP contribution in [-0.4, -0.2) is 29.8 Å². The number of amides is 2. The molecule has 5 nitrogen and oxygen atoms in total. The molecule has 0 aliphatic rings. The van der Waals surface area contributed by atoms with Crippen LogP contribution < -0.4 is 11.5 Å². The van der Waals surface area contributed by atoms with Crippen molar-refractivity contribution in [2.24, 2.45) is 11.5 Å². The molecule has 4 N–H and O–H groups in total. The van der Waals surface area contributed by atoms with Gasteiger partial charge < -0.3 is 16.4 Å². The van der Waals surface area contributed by atoms with Crippen LogP contribution in [0.3, 0.4) is 0 Å². The number of nitrogens with zero attached hydrogens (tertiary/aromatic N) is 1. The first-order valence-corrected chi connectivity index (χ1v) is 5.99. The van der Waals surface area contributed by atoms with E-state index in [9.17, 15) is 18.4 Å². The number of rotatable bonds is 5. The number of primary amides is 1. The van der Waals surface area contributed by atoms with Crippen LogP contribution in [0.25, 0.3) is 0 Å². The van der Waals surface area contributed by atoms with Crippen molar-refractivity contribution in [1.29, 1.82) is 0 Å². The maximum Gasteiger partial charge on any atom is 0.240 e. The highest BCUT2D eigenvalue weighted by Gasteiger charge is 2.24. The van der Waals surface area contributed by atoms with Gasteiger partial charge in [-0.15, -0.1) is 0 Å². The Kier molecular flexibility index (Phi) is 5.15. The fourth-order valence-corrected chi connectivity index (χ4v) is 1.75. The molecule has 0 aliphatic heterocycles. The second kappa shape index (κ2) is 6.42. The van der Waals surface area contributed by atoms with Crippen LogP contribution in [0.15, 0.2) is 18.2 Å². The van der Waals surface area contributed by atoms with Gasteiger partial charge in [-0.05, 0) is 24.6 Å². The SMILES string of the molecule is CC(c1ccc(F)c(F)c1)N(C)C(=O)C(N)CC(N)=O. The summed E-state index contributed by atoms with van der Waals surface area (Å²) >= 11 is 0. The smallest absolute Gasteiger partial charge is 0.240 e. The number of hydrogen-bond acceptors (Lipinski definition) is 3. The molecule has 20 heavy (non-hydrogen) atoms. The Hall–Kier alpha value is -2.02. The fraction of sp³-hybridized carbons (Fsp3) is 0.385. The lowest BCUT2D eigenvalue weighted by Gasteiger charge is -2.27. The first-order chi connectivity index (χ1) is 9.23. The van der Waals surface area contributed by atoms with Crippen molar-refractivity contribution < 1.29 is 18.4 Å². The minimum atomic E-state index is -1.05. The summed E-state index contributed by atoms with van der Waals surface area (Å²) < 4.78 is 26.0. The van der Waals surface area contributed by atoms with Crippen molar-refractivity contribution >= 4 is 11.8 Å². The van der Waals surface area contributed by atoms with Crippen LogP contribution in [0.2, 0.25) is 0 Å². The molecule has 1 aromatic rings. The third kappa shape index (κ3) is 3.74. The summed E-state index contributed by atoms with van der Waals surface area (Å²) in [5, 5.41) is 0. The van der Waals surface area contributed by atoms with E-state index in [1.54, 1.807) is 6.92 Å². The quantitative estimate of drug-likeness (QED) is 0.834. The highest BCUT2D eigenvalue weighted by atomic mass is 19.2. The van der Waals surface area contributed by atoms with Crippen LogP contribution in [-0.2, 0) is 9.59 Å². The zero-order valence-corrected chi connectivity index (χ0v) is 11.3. The van der Waals surface area contributed by atoms with Gasteiger partial charge in [0.2, 0.25) is 11.8 Å². The van der Waals surface area contributed by atoms with Crippen LogP contribution in [0.5, 0.6) is 0 Å². The normalized spacial score (nSPS) is 13.7. The van der Waals surface area contributed by atoms with E-state index in [4.69, 9.17) is 11.5 Å². The van der Waals surface area contributed by atoms with Gasteiger partial charge >= 0.3 is 0 Å². The molecule has 0 spiro atoms. The maximum absolute atomic E-state index is 13.2. The van der Waals surface area contributed by atoms with Gasteiger partial charge in [0.25, 0.3) is 0 Å². The van der Waals surface area contributed by atoms with Crippen molar-refractivity contribution in [3.8, 4) is 0 Å². The third-order valence-electron chi connectivity index (χ3n) is 3.09.